The van der Waals surface area contributed by atoms with E-state index in [0.717, 1.165) is 31.5 Å². The highest BCUT2D eigenvalue weighted by molar-refractivity contribution is 6.33. The van der Waals surface area contributed by atoms with E-state index in [1.54, 1.807) is 19.1 Å². The molecule has 1 aromatic rings. The summed E-state index contributed by atoms with van der Waals surface area (Å²) in [6.07, 6.45) is 3.30. The summed E-state index contributed by atoms with van der Waals surface area (Å²) in [7, 11) is 0. The van der Waals surface area contributed by atoms with Crippen molar-refractivity contribution in [3.05, 3.63) is 28.8 Å². The standard InChI is InChI=1S/C14H19ClN2O2/c1-2-19-14(18)11-7-6-10(9-12(11)15)17-8-4-3-5-13(17)16/h6-7,9,13H,2-5,8,16H2,1H3/t13-/m0/s1. The predicted molar refractivity (Wildman–Crippen MR) is 76.6 cm³/mol. The van der Waals surface area contributed by atoms with Gasteiger partial charge in [0.25, 0.3) is 0 Å². The van der Waals surface area contributed by atoms with Crippen LogP contribution in [0.1, 0.15) is 36.5 Å². The van der Waals surface area contributed by atoms with Crippen molar-refractivity contribution in [1.29, 1.82) is 0 Å². The van der Waals surface area contributed by atoms with Gasteiger partial charge in [0.15, 0.2) is 0 Å². The van der Waals surface area contributed by atoms with Crippen molar-refractivity contribution in [3.8, 4) is 0 Å². The fourth-order valence-corrected chi connectivity index (χ4v) is 2.59. The Morgan fingerprint density at radius 2 is 2.32 bits per heavy atom. The summed E-state index contributed by atoms with van der Waals surface area (Å²) in [5.74, 6) is -0.387. The highest BCUT2D eigenvalue weighted by atomic mass is 35.5. The minimum atomic E-state index is -0.387. The molecular formula is C14H19ClN2O2. The second-order valence-electron chi connectivity index (χ2n) is 4.64. The lowest BCUT2D eigenvalue weighted by Gasteiger charge is -2.35. The van der Waals surface area contributed by atoms with Gasteiger partial charge < -0.3 is 15.4 Å². The van der Waals surface area contributed by atoms with Gasteiger partial charge >= 0.3 is 5.97 Å². The first kappa shape index (κ1) is 14.2. The lowest BCUT2D eigenvalue weighted by molar-refractivity contribution is 0.0526. The first-order chi connectivity index (χ1) is 9.13. The maximum absolute atomic E-state index is 11.7. The summed E-state index contributed by atoms with van der Waals surface area (Å²) in [6.45, 7) is 3.04. The molecule has 0 aromatic heterocycles. The van der Waals surface area contributed by atoms with Crippen molar-refractivity contribution in [2.75, 3.05) is 18.1 Å². The van der Waals surface area contributed by atoms with E-state index in [-0.39, 0.29) is 12.1 Å². The molecule has 1 saturated heterocycles. The smallest absolute Gasteiger partial charge is 0.339 e. The quantitative estimate of drug-likeness (QED) is 0.866. The molecule has 0 unspecified atom stereocenters. The summed E-state index contributed by atoms with van der Waals surface area (Å²) in [5.41, 5.74) is 7.46. The number of hydrogen-bond donors (Lipinski definition) is 1. The largest absolute Gasteiger partial charge is 0.462 e. The zero-order valence-electron chi connectivity index (χ0n) is 11.1. The number of nitrogens with zero attached hydrogens (tertiary/aromatic N) is 1. The van der Waals surface area contributed by atoms with Crippen LogP contribution in [0.2, 0.25) is 5.02 Å². The van der Waals surface area contributed by atoms with Gasteiger partial charge in [0.05, 0.1) is 23.4 Å². The van der Waals surface area contributed by atoms with Crippen LogP contribution < -0.4 is 10.6 Å². The lowest BCUT2D eigenvalue weighted by Crippen LogP contribution is -2.45. The van der Waals surface area contributed by atoms with Crippen LogP contribution in [-0.4, -0.2) is 25.3 Å². The fourth-order valence-electron chi connectivity index (χ4n) is 2.33. The van der Waals surface area contributed by atoms with Crippen molar-refractivity contribution in [2.24, 2.45) is 5.73 Å². The average Bonchev–Trinajstić information content (AvgIpc) is 2.39. The molecule has 1 aromatic carbocycles. The molecule has 1 fully saturated rings. The highest BCUT2D eigenvalue weighted by Gasteiger charge is 2.20. The van der Waals surface area contributed by atoms with Gasteiger partial charge in [-0.15, -0.1) is 0 Å². The summed E-state index contributed by atoms with van der Waals surface area (Å²) >= 11 is 6.16. The van der Waals surface area contributed by atoms with E-state index in [9.17, 15) is 4.79 Å². The average molecular weight is 283 g/mol. The number of carbonyl (C=O) groups is 1. The molecular weight excluding hydrogens is 264 g/mol. The maximum atomic E-state index is 11.7. The third-order valence-corrected chi connectivity index (χ3v) is 3.64. The Bertz CT molecular complexity index is 465. The van der Waals surface area contributed by atoms with E-state index in [0.29, 0.717) is 17.2 Å². The third-order valence-electron chi connectivity index (χ3n) is 3.33. The van der Waals surface area contributed by atoms with Crippen LogP contribution in [0, 0.1) is 0 Å². The fraction of sp³-hybridized carbons (Fsp3) is 0.500. The molecule has 0 bridgehead atoms. The van der Waals surface area contributed by atoms with Crippen LogP contribution in [-0.2, 0) is 4.74 Å². The monoisotopic (exact) mass is 282 g/mol. The number of ether oxygens (including phenoxy) is 1. The normalized spacial score (nSPS) is 19.3. The van der Waals surface area contributed by atoms with Crippen LogP contribution in [0.5, 0.6) is 0 Å². The number of piperidine rings is 1. The molecule has 0 amide bonds. The summed E-state index contributed by atoms with van der Waals surface area (Å²) in [4.78, 5) is 13.8. The van der Waals surface area contributed by atoms with Gasteiger partial charge in [0.1, 0.15) is 0 Å². The Balaban J connectivity index is 2.20. The Morgan fingerprint density at radius 3 is 2.95 bits per heavy atom. The number of rotatable bonds is 3. The van der Waals surface area contributed by atoms with Crippen LogP contribution in [0.15, 0.2) is 18.2 Å². The van der Waals surface area contributed by atoms with Crippen molar-refractivity contribution in [1.82, 2.24) is 0 Å². The van der Waals surface area contributed by atoms with E-state index < -0.39 is 0 Å². The first-order valence-corrected chi connectivity index (χ1v) is 7.00. The third kappa shape index (κ3) is 3.19. The Kier molecular flexibility index (Phi) is 4.66. The summed E-state index contributed by atoms with van der Waals surface area (Å²) in [5, 5.41) is 0.411. The molecule has 1 aliphatic rings. The molecule has 104 valence electrons. The van der Waals surface area contributed by atoms with Crippen molar-refractivity contribution < 1.29 is 9.53 Å². The summed E-state index contributed by atoms with van der Waals surface area (Å²) in [6, 6.07) is 5.37. The number of esters is 1. The van der Waals surface area contributed by atoms with Gasteiger partial charge in [-0.05, 0) is 44.4 Å². The van der Waals surface area contributed by atoms with Crippen molar-refractivity contribution >= 4 is 23.3 Å². The van der Waals surface area contributed by atoms with Gasteiger partial charge in [0.2, 0.25) is 0 Å². The van der Waals surface area contributed by atoms with Gasteiger partial charge in [0, 0.05) is 12.2 Å². The molecule has 0 spiro atoms. The molecule has 2 rings (SSSR count). The molecule has 19 heavy (non-hydrogen) atoms. The topological polar surface area (TPSA) is 55.6 Å². The molecule has 0 aliphatic carbocycles. The second-order valence-corrected chi connectivity index (χ2v) is 5.05. The molecule has 4 nitrogen and oxygen atoms in total. The van der Waals surface area contributed by atoms with E-state index in [2.05, 4.69) is 4.90 Å². The number of benzene rings is 1. The van der Waals surface area contributed by atoms with Gasteiger partial charge in [-0.2, -0.15) is 0 Å². The highest BCUT2D eigenvalue weighted by Crippen LogP contribution is 2.27. The van der Waals surface area contributed by atoms with Crippen LogP contribution >= 0.6 is 11.6 Å². The van der Waals surface area contributed by atoms with Crippen molar-refractivity contribution in [2.45, 2.75) is 32.4 Å². The number of halogens is 1. The van der Waals surface area contributed by atoms with Crippen molar-refractivity contribution in [3.63, 3.8) is 0 Å². The molecule has 1 atom stereocenters. The zero-order chi connectivity index (χ0) is 13.8. The Hall–Kier alpha value is -1.26. The van der Waals surface area contributed by atoms with Gasteiger partial charge in [-0.25, -0.2) is 4.79 Å². The molecule has 5 heteroatoms. The van der Waals surface area contributed by atoms with Gasteiger partial charge in [-0.1, -0.05) is 11.6 Å². The maximum Gasteiger partial charge on any atom is 0.339 e. The zero-order valence-corrected chi connectivity index (χ0v) is 11.8. The molecule has 0 saturated carbocycles. The van der Waals surface area contributed by atoms with Crippen LogP contribution in [0.3, 0.4) is 0 Å². The number of hydrogen-bond acceptors (Lipinski definition) is 4. The first-order valence-electron chi connectivity index (χ1n) is 6.62. The Labute approximate surface area is 118 Å². The van der Waals surface area contributed by atoms with E-state index in [1.165, 1.54) is 0 Å². The second kappa shape index (κ2) is 6.26. The SMILES string of the molecule is CCOC(=O)c1ccc(N2CCCC[C@H]2N)cc1Cl. The predicted octanol–water partition coefficient (Wildman–Crippen LogP) is 2.79. The minimum absolute atomic E-state index is 0.0262. The molecule has 1 heterocycles. The summed E-state index contributed by atoms with van der Waals surface area (Å²) < 4.78 is 4.95. The molecule has 0 radical (unpaired) electrons. The lowest BCUT2D eigenvalue weighted by atomic mass is 10.1. The number of carbonyl (C=O) groups excluding carboxylic acids is 1. The number of nitrogens with two attached hydrogens (primary N) is 1. The van der Waals surface area contributed by atoms with Crippen LogP contribution in [0.25, 0.3) is 0 Å². The Morgan fingerprint density at radius 1 is 1.53 bits per heavy atom. The van der Waals surface area contributed by atoms with Crippen LogP contribution in [0.4, 0.5) is 5.69 Å². The minimum Gasteiger partial charge on any atom is -0.462 e. The van der Waals surface area contributed by atoms with E-state index >= 15 is 0 Å². The molecule has 1 aliphatic heterocycles. The molecule has 2 N–H and O–H groups in total. The number of anilines is 1. The van der Waals surface area contributed by atoms with E-state index in [4.69, 9.17) is 22.1 Å². The van der Waals surface area contributed by atoms with Gasteiger partial charge in [-0.3, -0.25) is 0 Å². The van der Waals surface area contributed by atoms with E-state index in [1.807, 2.05) is 6.07 Å².